The summed E-state index contributed by atoms with van der Waals surface area (Å²) in [6, 6.07) is 5.77. The van der Waals surface area contributed by atoms with E-state index in [1.54, 1.807) is 0 Å². The molecule has 5 nitrogen and oxygen atoms in total. The predicted molar refractivity (Wildman–Crippen MR) is 74.5 cm³/mol. The number of aliphatic hydroxyl groups is 1. The van der Waals surface area contributed by atoms with Gasteiger partial charge in [-0.15, -0.1) is 0 Å². The fourth-order valence-corrected chi connectivity index (χ4v) is 3.49. The molecule has 19 heavy (non-hydrogen) atoms. The van der Waals surface area contributed by atoms with Crippen molar-refractivity contribution in [2.75, 3.05) is 0 Å². The lowest BCUT2D eigenvalue weighted by molar-refractivity contribution is 0.272. The standard InChI is InChI=1S/C12H12N4OS2/c1-2-9-13-12(19-15-9)18-11-8(7-17)16-6-4-3-5-10(16)14-11/h3-6,17H,2,7H2,1H3. The van der Waals surface area contributed by atoms with Gasteiger partial charge in [-0.05, 0) is 35.4 Å². The zero-order valence-electron chi connectivity index (χ0n) is 10.3. The average molecular weight is 292 g/mol. The van der Waals surface area contributed by atoms with E-state index in [0.29, 0.717) is 0 Å². The maximum atomic E-state index is 9.53. The summed E-state index contributed by atoms with van der Waals surface area (Å²) in [5.41, 5.74) is 1.61. The van der Waals surface area contributed by atoms with Crippen molar-refractivity contribution in [3.05, 3.63) is 35.9 Å². The van der Waals surface area contributed by atoms with Crippen molar-refractivity contribution in [3.63, 3.8) is 0 Å². The Morgan fingerprint density at radius 3 is 3.00 bits per heavy atom. The van der Waals surface area contributed by atoms with Crippen LogP contribution in [0.4, 0.5) is 0 Å². The van der Waals surface area contributed by atoms with Crippen molar-refractivity contribution < 1.29 is 5.11 Å². The normalized spacial score (nSPS) is 11.3. The van der Waals surface area contributed by atoms with Crippen LogP contribution in [0.25, 0.3) is 5.65 Å². The van der Waals surface area contributed by atoms with Gasteiger partial charge in [-0.2, -0.15) is 4.37 Å². The average Bonchev–Trinajstić information content (AvgIpc) is 3.02. The third-order valence-corrected chi connectivity index (χ3v) is 4.50. The minimum atomic E-state index is -0.0487. The molecule has 0 saturated carbocycles. The zero-order valence-corrected chi connectivity index (χ0v) is 11.9. The number of nitrogens with zero attached hydrogens (tertiary/aromatic N) is 4. The maximum absolute atomic E-state index is 9.53. The van der Waals surface area contributed by atoms with E-state index in [2.05, 4.69) is 14.3 Å². The summed E-state index contributed by atoms with van der Waals surface area (Å²) in [5.74, 6) is 0.849. The molecular weight excluding hydrogens is 280 g/mol. The molecule has 0 amide bonds. The number of hydrogen-bond acceptors (Lipinski definition) is 6. The van der Waals surface area contributed by atoms with Crippen LogP contribution in [0, 0.1) is 0 Å². The minimum absolute atomic E-state index is 0.0487. The van der Waals surface area contributed by atoms with E-state index in [-0.39, 0.29) is 6.61 Å². The fourth-order valence-electron chi connectivity index (χ4n) is 1.76. The smallest absolute Gasteiger partial charge is 0.176 e. The summed E-state index contributed by atoms with van der Waals surface area (Å²) in [4.78, 5) is 8.93. The molecule has 0 bridgehead atoms. The Labute approximate surface area is 118 Å². The van der Waals surface area contributed by atoms with Crippen molar-refractivity contribution in [2.24, 2.45) is 0 Å². The highest BCUT2D eigenvalue weighted by atomic mass is 32.2. The first-order valence-electron chi connectivity index (χ1n) is 5.89. The molecule has 7 heteroatoms. The molecule has 3 aromatic heterocycles. The van der Waals surface area contributed by atoms with Crippen LogP contribution >= 0.6 is 23.3 Å². The van der Waals surface area contributed by atoms with Crippen LogP contribution in [0.5, 0.6) is 0 Å². The van der Waals surface area contributed by atoms with Crippen LogP contribution in [0.2, 0.25) is 0 Å². The molecule has 0 radical (unpaired) electrons. The van der Waals surface area contributed by atoms with Crippen molar-refractivity contribution in [2.45, 2.75) is 29.3 Å². The Morgan fingerprint density at radius 1 is 1.37 bits per heavy atom. The Morgan fingerprint density at radius 2 is 2.26 bits per heavy atom. The van der Waals surface area contributed by atoms with E-state index in [1.165, 1.54) is 23.3 Å². The van der Waals surface area contributed by atoms with Gasteiger partial charge >= 0.3 is 0 Å². The van der Waals surface area contributed by atoms with Crippen molar-refractivity contribution in [1.29, 1.82) is 0 Å². The summed E-state index contributed by atoms with van der Waals surface area (Å²) in [6.45, 7) is 1.98. The number of hydrogen-bond donors (Lipinski definition) is 1. The lowest BCUT2D eigenvalue weighted by atomic mass is 10.4. The SMILES string of the molecule is CCc1nsc(Sc2nc3ccccn3c2CO)n1. The summed E-state index contributed by atoms with van der Waals surface area (Å²) in [7, 11) is 0. The number of fused-ring (bicyclic) bond motifs is 1. The van der Waals surface area contributed by atoms with Crippen LogP contribution in [0.3, 0.4) is 0 Å². The van der Waals surface area contributed by atoms with E-state index in [0.717, 1.165) is 33.0 Å². The topological polar surface area (TPSA) is 63.3 Å². The van der Waals surface area contributed by atoms with Gasteiger partial charge in [0.15, 0.2) is 4.34 Å². The van der Waals surface area contributed by atoms with Crippen molar-refractivity contribution in [3.8, 4) is 0 Å². The summed E-state index contributed by atoms with van der Waals surface area (Å²) in [6.07, 6.45) is 2.73. The Balaban J connectivity index is 1.99. The molecule has 0 spiro atoms. The zero-order chi connectivity index (χ0) is 13.2. The summed E-state index contributed by atoms with van der Waals surface area (Å²) < 4.78 is 7.00. The van der Waals surface area contributed by atoms with E-state index in [1.807, 2.05) is 35.7 Å². The predicted octanol–water partition coefficient (Wildman–Crippen LogP) is 2.39. The van der Waals surface area contributed by atoms with Crippen LogP contribution in [0.1, 0.15) is 18.4 Å². The highest BCUT2D eigenvalue weighted by Crippen LogP contribution is 2.31. The fraction of sp³-hybridized carbons (Fsp3) is 0.250. The first kappa shape index (κ1) is 12.6. The van der Waals surface area contributed by atoms with Crippen LogP contribution in [-0.2, 0) is 13.0 Å². The van der Waals surface area contributed by atoms with Gasteiger partial charge in [0.1, 0.15) is 16.5 Å². The highest BCUT2D eigenvalue weighted by molar-refractivity contribution is 8.00. The Hall–Kier alpha value is -1.44. The lowest BCUT2D eigenvalue weighted by Crippen LogP contribution is -1.92. The molecule has 0 atom stereocenters. The van der Waals surface area contributed by atoms with E-state index in [4.69, 9.17) is 0 Å². The summed E-state index contributed by atoms with van der Waals surface area (Å²) >= 11 is 2.82. The molecule has 3 heterocycles. The van der Waals surface area contributed by atoms with Gasteiger partial charge in [0.05, 0.1) is 12.3 Å². The molecular formula is C12H12N4OS2. The van der Waals surface area contributed by atoms with E-state index >= 15 is 0 Å². The van der Waals surface area contributed by atoms with Gasteiger partial charge in [-0.25, -0.2) is 9.97 Å². The highest BCUT2D eigenvalue weighted by Gasteiger charge is 2.14. The van der Waals surface area contributed by atoms with Gasteiger partial charge < -0.3 is 9.51 Å². The number of aromatic nitrogens is 4. The molecule has 3 aromatic rings. The molecule has 1 N–H and O–H groups in total. The molecule has 0 unspecified atom stereocenters. The monoisotopic (exact) mass is 292 g/mol. The largest absolute Gasteiger partial charge is 0.390 e. The third kappa shape index (κ3) is 2.36. The molecule has 0 fully saturated rings. The Bertz CT molecular complexity index is 707. The molecule has 0 aliphatic carbocycles. The first-order valence-corrected chi connectivity index (χ1v) is 7.48. The molecule has 0 saturated heterocycles. The second-order valence-electron chi connectivity index (χ2n) is 3.88. The lowest BCUT2D eigenvalue weighted by Gasteiger charge is -1.98. The van der Waals surface area contributed by atoms with Gasteiger partial charge in [0.25, 0.3) is 0 Å². The quantitative estimate of drug-likeness (QED) is 0.800. The molecule has 98 valence electrons. The third-order valence-electron chi connectivity index (χ3n) is 2.69. The van der Waals surface area contributed by atoms with Crippen molar-refractivity contribution >= 4 is 28.9 Å². The van der Waals surface area contributed by atoms with Crippen LogP contribution in [-0.4, -0.2) is 23.8 Å². The van der Waals surface area contributed by atoms with Crippen LogP contribution in [0.15, 0.2) is 33.8 Å². The molecule has 0 aliphatic rings. The number of imidazole rings is 1. The van der Waals surface area contributed by atoms with Gasteiger partial charge in [0.2, 0.25) is 0 Å². The Kier molecular flexibility index (Phi) is 3.50. The molecule has 0 aliphatic heterocycles. The molecule has 0 aromatic carbocycles. The number of aliphatic hydroxyl groups excluding tert-OH is 1. The van der Waals surface area contributed by atoms with E-state index < -0.39 is 0 Å². The maximum Gasteiger partial charge on any atom is 0.176 e. The first-order chi connectivity index (χ1) is 9.31. The minimum Gasteiger partial charge on any atom is -0.390 e. The number of pyridine rings is 1. The second kappa shape index (κ2) is 5.28. The van der Waals surface area contributed by atoms with E-state index in [9.17, 15) is 5.11 Å². The van der Waals surface area contributed by atoms with Gasteiger partial charge in [-0.3, -0.25) is 0 Å². The number of aryl methyl sites for hydroxylation is 1. The summed E-state index contributed by atoms with van der Waals surface area (Å²) in [5, 5.41) is 10.3. The van der Waals surface area contributed by atoms with Crippen molar-refractivity contribution in [1.82, 2.24) is 18.7 Å². The van der Waals surface area contributed by atoms with Gasteiger partial charge in [0, 0.05) is 12.6 Å². The second-order valence-corrected chi connectivity index (χ2v) is 5.87. The molecule has 3 rings (SSSR count). The van der Waals surface area contributed by atoms with Crippen LogP contribution < -0.4 is 0 Å². The number of rotatable bonds is 4. The van der Waals surface area contributed by atoms with Gasteiger partial charge in [-0.1, -0.05) is 13.0 Å².